The van der Waals surface area contributed by atoms with E-state index in [-0.39, 0.29) is 5.97 Å². The molecule has 1 atom stereocenters. The van der Waals surface area contributed by atoms with E-state index >= 15 is 0 Å². The number of thioether (sulfide) groups is 1. The van der Waals surface area contributed by atoms with Crippen LogP contribution in [0.3, 0.4) is 0 Å². The molecule has 0 aromatic heterocycles. The molecule has 1 unspecified atom stereocenters. The van der Waals surface area contributed by atoms with Gasteiger partial charge in [-0.05, 0) is 37.9 Å². The first kappa shape index (κ1) is 27.1. The number of rotatable bonds is 14. The Morgan fingerprint density at radius 2 is 1.79 bits per heavy atom. The van der Waals surface area contributed by atoms with Gasteiger partial charge in [0.1, 0.15) is 5.76 Å². The lowest BCUT2D eigenvalue weighted by atomic mass is 10.1. The Balaban J connectivity index is 0.00000227. The number of esters is 1. The van der Waals surface area contributed by atoms with Crippen molar-refractivity contribution in [2.75, 3.05) is 20.0 Å². The smallest absolute Gasteiger partial charge is 0.305 e. The first-order valence-corrected chi connectivity index (χ1v) is 12.3. The largest absolute Gasteiger partial charge is 0.500 e. The van der Waals surface area contributed by atoms with Crippen LogP contribution in [-0.4, -0.2) is 25.9 Å². The van der Waals surface area contributed by atoms with E-state index in [9.17, 15) is 4.79 Å². The van der Waals surface area contributed by atoms with Gasteiger partial charge in [-0.1, -0.05) is 65.0 Å². The van der Waals surface area contributed by atoms with E-state index in [2.05, 4.69) is 37.7 Å². The molecule has 1 aliphatic rings. The van der Waals surface area contributed by atoms with Crippen LogP contribution >= 0.6 is 11.8 Å². The summed E-state index contributed by atoms with van der Waals surface area (Å²) in [7, 11) is 3.25. The van der Waals surface area contributed by atoms with Gasteiger partial charge in [-0.3, -0.25) is 4.79 Å². The number of ether oxygens (including phenoxy) is 2. The summed E-state index contributed by atoms with van der Waals surface area (Å²) in [4.78, 5) is 12.5. The Bertz CT molecular complexity index is 443. The Labute approximate surface area is 178 Å². The van der Waals surface area contributed by atoms with Crippen molar-refractivity contribution in [3.63, 3.8) is 0 Å². The summed E-state index contributed by atoms with van der Waals surface area (Å²) < 4.78 is 10.3. The third kappa shape index (κ3) is 13.3. The topological polar surface area (TPSA) is 35.5 Å². The fourth-order valence-corrected chi connectivity index (χ4v) is 4.43. The zero-order chi connectivity index (χ0) is 21.0. The summed E-state index contributed by atoms with van der Waals surface area (Å²) >= 11 is 1.95. The molecule has 0 aliphatic heterocycles. The van der Waals surface area contributed by atoms with Gasteiger partial charge in [0.2, 0.25) is 0 Å². The number of unbranched alkanes of at least 4 members (excludes halogenated alkanes) is 6. The first-order valence-electron chi connectivity index (χ1n) is 11.3. The highest BCUT2D eigenvalue weighted by Gasteiger charge is 2.24. The molecule has 4 heteroatoms. The molecular weight excluding hydrogens is 368 g/mol. The molecule has 0 bridgehead atoms. The minimum absolute atomic E-state index is 0.100. The average Bonchev–Trinajstić information content (AvgIpc) is 3.09. The molecule has 0 amide bonds. The Morgan fingerprint density at radius 3 is 2.43 bits per heavy atom. The SMILES string of the molecule is CCC.CCCCCC/C=C/C1CCC(OC)=C1SCCCCCC(=O)OC. The second kappa shape index (κ2) is 19.4. The van der Waals surface area contributed by atoms with Crippen molar-refractivity contribution in [2.45, 2.75) is 97.8 Å². The molecule has 0 radical (unpaired) electrons. The van der Waals surface area contributed by atoms with E-state index in [1.165, 1.54) is 62.7 Å². The van der Waals surface area contributed by atoms with Crippen LogP contribution < -0.4 is 0 Å². The molecule has 0 heterocycles. The van der Waals surface area contributed by atoms with Crippen LogP contribution in [0.2, 0.25) is 0 Å². The number of allylic oxidation sites excluding steroid dienone is 4. The normalized spacial score (nSPS) is 16.2. The van der Waals surface area contributed by atoms with Gasteiger partial charge < -0.3 is 9.47 Å². The predicted octanol–water partition coefficient (Wildman–Crippen LogP) is 7.66. The number of methoxy groups -OCH3 is 2. The molecule has 0 aromatic carbocycles. The molecule has 0 spiro atoms. The first-order chi connectivity index (χ1) is 13.6. The van der Waals surface area contributed by atoms with Crippen LogP contribution in [0.25, 0.3) is 0 Å². The zero-order valence-corrected chi connectivity index (χ0v) is 19.9. The third-order valence-corrected chi connectivity index (χ3v) is 5.98. The monoisotopic (exact) mass is 412 g/mol. The number of carbonyl (C=O) groups excluding carboxylic acids is 1. The lowest BCUT2D eigenvalue weighted by Crippen LogP contribution is -1.99. The van der Waals surface area contributed by atoms with Gasteiger partial charge in [0.25, 0.3) is 0 Å². The second-order valence-electron chi connectivity index (χ2n) is 7.36. The Morgan fingerprint density at radius 1 is 1.07 bits per heavy atom. The minimum atomic E-state index is -0.100. The minimum Gasteiger partial charge on any atom is -0.500 e. The van der Waals surface area contributed by atoms with E-state index in [4.69, 9.17) is 4.74 Å². The van der Waals surface area contributed by atoms with Crippen molar-refractivity contribution in [1.29, 1.82) is 0 Å². The van der Waals surface area contributed by atoms with Crippen molar-refractivity contribution < 1.29 is 14.3 Å². The maximum atomic E-state index is 11.1. The summed E-state index contributed by atoms with van der Waals surface area (Å²) in [6, 6.07) is 0. The molecule has 1 aliphatic carbocycles. The van der Waals surface area contributed by atoms with E-state index < -0.39 is 0 Å². The zero-order valence-electron chi connectivity index (χ0n) is 19.1. The van der Waals surface area contributed by atoms with E-state index in [1.807, 2.05) is 11.8 Å². The van der Waals surface area contributed by atoms with Crippen molar-refractivity contribution in [3.05, 3.63) is 22.8 Å². The molecule has 3 nitrogen and oxygen atoms in total. The molecule has 0 aromatic rings. The predicted molar refractivity (Wildman–Crippen MR) is 124 cm³/mol. The molecule has 1 rings (SSSR count). The molecule has 0 saturated heterocycles. The Kier molecular flexibility index (Phi) is 18.8. The van der Waals surface area contributed by atoms with Crippen LogP contribution in [0.4, 0.5) is 0 Å². The summed E-state index contributed by atoms with van der Waals surface area (Å²) in [6.45, 7) is 6.50. The van der Waals surface area contributed by atoms with Gasteiger partial charge in [0.15, 0.2) is 0 Å². The molecular formula is C24H44O3S. The summed E-state index contributed by atoms with van der Waals surface area (Å²) in [5.41, 5.74) is 0. The van der Waals surface area contributed by atoms with Crippen LogP contribution in [0, 0.1) is 5.92 Å². The highest BCUT2D eigenvalue weighted by Crippen LogP contribution is 2.40. The van der Waals surface area contributed by atoms with Crippen LogP contribution in [0.15, 0.2) is 22.8 Å². The fourth-order valence-electron chi connectivity index (χ4n) is 3.10. The lowest BCUT2D eigenvalue weighted by Gasteiger charge is -2.11. The van der Waals surface area contributed by atoms with E-state index in [0.717, 1.165) is 31.4 Å². The molecule has 164 valence electrons. The van der Waals surface area contributed by atoms with Crippen LogP contribution in [-0.2, 0) is 14.3 Å². The van der Waals surface area contributed by atoms with Crippen molar-refractivity contribution in [2.24, 2.45) is 5.92 Å². The highest BCUT2D eigenvalue weighted by molar-refractivity contribution is 8.03. The van der Waals surface area contributed by atoms with Crippen LogP contribution in [0.5, 0.6) is 0 Å². The quantitative estimate of drug-likeness (QED) is 0.167. The van der Waals surface area contributed by atoms with Crippen molar-refractivity contribution >= 4 is 17.7 Å². The maximum Gasteiger partial charge on any atom is 0.305 e. The van der Waals surface area contributed by atoms with Gasteiger partial charge in [-0.15, -0.1) is 11.8 Å². The molecule has 0 saturated carbocycles. The second-order valence-corrected chi connectivity index (χ2v) is 8.49. The number of carbonyl (C=O) groups is 1. The molecule has 28 heavy (non-hydrogen) atoms. The fraction of sp³-hybridized carbons (Fsp3) is 0.792. The summed E-state index contributed by atoms with van der Waals surface area (Å²) in [5.74, 6) is 2.72. The number of hydrogen-bond donors (Lipinski definition) is 0. The van der Waals surface area contributed by atoms with Gasteiger partial charge in [0, 0.05) is 23.7 Å². The van der Waals surface area contributed by atoms with Gasteiger partial charge in [-0.25, -0.2) is 0 Å². The van der Waals surface area contributed by atoms with Gasteiger partial charge in [-0.2, -0.15) is 0 Å². The standard InChI is InChI=1S/C21H36O3S.C3H8/c1-4-5-6-7-8-10-13-18-15-16-19(23-2)21(18)25-17-12-9-11-14-20(22)24-3;1-3-2/h10,13,18H,4-9,11-12,14-17H2,1-3H3;3H2,1-2H3/b13-10+;. The lowest BCUT2D eigenvalue weighted by molar-refractivity contribution is -0.140. The summed E-state index contributed by atoms with van der Waals surface area (Å²) in [6.07, 6.45) is 18.4. The van der Waals surface area contributed by atoms with Gasteiger partial charge >= 0.3 is 5.97 Å². The Hall–Kier alpha value is -0.900. The molecule has 0 fully saturated rings. The van der Waals surface area contributed by atoms with E-state index in [0.29, 0.717) is 12.3 Å². The van der Waals surface area contributed by atoms with Crippen molar-refractivity contribution in [3.8, 4) is 0 Å². The summed E-state index contributed by atoms with van der Waals surface area (Å²) in [5, 5.41) is 0. The van der Waals surface area contributed by atoms with Crippen molar-refractivity contribution in [1.82, 2.24) is 0 Å². The average molecular weight is 413 g/mol. The number of hydrogen-bond acceptors (Lipinski definition) is 4. The highest BCUT2D eigenvalue weighted by atomic mass is 32.2. The third-order valence-electron chi connectivity index (χ3n) is 4.64. The van der Waals surface area contributed by atoms with Gasteiger partial charge in [0.05, 0.1) is 14.2 Å². The maximum absolute atomic E-state index is 11.1. The van der Waals surface area contributed by atoms with E-state index in [1.54, 1.807) is 7.11 Å². The van der Waals surface area contributed by atoms with Crippen LogP contribution in [0.1, 0.15) is 97.8 Å². The molecule has 0 N–H and O–H groups in total.